The van der Waals surface area contributed by atoms with Gasteiger partial charge in [-0.05, 0) is 27.1 Å². The number of hydrogen-bond donors (Lipinski definition) is 0. The number of rotatable bonds is 3. The van der Waals surface area contributed by atoms with Crippen LogP contribution in [-0.2, 0) is 6.54 Å². The van der Waals surface area contributed by atoms with Crippen LogP contribution < -0.4 is 4.74 Å². The zero-order valence-electron chi connectivity index (χ0n) is 10.1. The Morgan fingerprint density at radius 1 is 1.38 bits per heavy atom. The van der Waals surface area contributed by atoms with Crippen LogP contribution >= 0.6 is 0 Å². The first-order valence-electron chi connectivity index (χ1n) is 5.16. The van der Waals surface area contributed by atoms with Gasteiger partial charge in [0.2, 0.25) is 5.88 Å². The van der Waals surface area contributed by atoms with E-state index in [0.717, 1.165) is 23.6 Å². The van der Waals surface area contributed by atoms with E-state index in [1.54, 1.807) is 7.11 Å². The SMILES string of the molecule is COc1ccc2nc(C)c(CN(C)C)n2n1. The number of hydrogen-bond acceptors (Lipinski definition) is 4. The van der Waals surface area contributed by atoms with Gasteiger partial charge < -0.3 is 9.64 Å². The third kappa shape index (κ3) is 1.86. The summed E-state index contributed by atoms with van der Waals surface area (Å²) in [6, 6.07) is 3.74. The van der Waals surface area contributed by atoms with Crippen LogP contribution in [0.25, 0.3) is 5.65 Å². The molecule has 0 saturated heterocycles. The van der Waals surface area contributed by atoms with Gasteiger partial charge in [0.05, 0.1) is 18.5 Å². The van der Waals surface area contributed by atoms with Gasteiger partial charge in [0, 0.05) is 12.6 Å². The molecule has 0 aliphatic rings. The topological polar surface area (TPSA) is 42.7 Å². The maximum Gasteiger partial charge on any atom is 0.231 e. The third-order valence-electron chi connectivity index (χ3n) is 2.42. The van der Waals surface area contributed by atoms with E-state index in [1.807, 2.05) is 37.7 Å². The van der Waals surface area contributed by atoms with Crippen molar-refractivity contribution in [3.8, 4) is 5.88 Å². The average molecular weight is 220 g/mol. The van der Waals surface area contributed by atoms with Gasteiger partial charge in [-0.2, -0.15) is 0 Å². The van der Waals surface area contributed by atoms with Crippen molar-refractivity contribution in [2.75, 3.05) is 21.2 Å². The van der Waals surface area contributed by atoms with Crippen molar-refractivity contribution >= 4 is 5.65 Å². The molecular weight excluding hydrogens is 204 g/mol. The molecule has 0 aromatic carbocycles. The average Bonchev–Trinajstić information content (AvgIpc) is 2.54. The molecule has 0 bridgehead atoms. The number of aromatic nitrogens is 3. The number of imidazole rings is 1. The van der Waals surface area contributed by atoms with Crippen molar-refractivity contribution in [2.45, 2.75) is 13.5 Å². The standard InChI is InChI=1S/C11H16N4O/c1-8-9(7-14(2)3)15-10(12-8)5-6-11(13-15)16-4/h5-6H,7H2,1-4H3. The van der Waals surface area contributed by atoms with Crippen LogP contribution in [0.4, 0.5) is 0 Å². The van der Waals surface area contributed by atoms with E-state index in [4.69, 9.17) is 4.74 Å². The summed E-state index contributed by atoms with van der Waals surface area (Å²) >= 11 is 0. The predicted molar refractivity (Wildman–Crippen MR) is 61.7 cm³/mol. The highest BCUT2D eigenvalue weighted by Crippen LogP contribution is 2.14. The second-order valence-electron chi connectivity index (χ2n) is 4.03. The van der Waals surface area contributed by atoms with E-state index < -0.39 is 0 Å². The molecule has 0 aliphatic heterocycles. The minimum absolute atomic E-state index is 0.602. The Kier molecular flexibility index (Phi) is 2.78. The van der Waals surface area contributed by atoms with Gasteiger partial charge in [0.1, 0.15) is 0 Å². The lowest BCUT2D eigenvalue weighted by Crippen LogP contribution is -2.14. The summed E-state index contributed by atoms with van der Waals surface area (Å²) in [5.74, 6) is 0.602. The number of ether oxygens (including phenoxy) is 1. The fourth-order valence-corrected chi connectivity index (χ4v) is 1.66. The molecule has 86 valence electrons. The van der Waals surface area contributed by atoms with Crippen molar-refractivity contribution in [2.24, 2.45) is 0 Å². The molecule has 0 amide bonds. The van der Waals surface area contributed by atoms with Crippen LogP contribution in [0.1, 0.15) is 11.4 Å². The van der Waals surface area contributed by atoms with E-state index in [9.17, 15) is 0 Å². The maximum absolute atomic E-state index is 5.12. The zero-order valence-corrected chi connectivity index (χ0v) is 10.1. The summed E-state index contributed by atoms with van der Waals surface area (Å²) in [5, 5.41) is 4.37. The van der Waals surface area contributed by atoms with Crippen molar-refractivity contribution in [3.05, 3.63) is 23.5 Å². The molecule has 5 nitrogen and oxygen atoms in total. The minimum Gasteiger partial charge on any atom is -0.480 e. The normalized spacial score (nSPS) is 11.3. The Labute approximate surface area is 94.7 Å². The number of fused-ring (bicyclic) bond motifs is 1. The van der Waals surface area contributed by atoms with Crippen molar-refractivity contribution in [1.29, 1.82) is 0 Å². The molecule has 2 rings (SSSR count). The molecule has 2 aromatic heterocycles. The largest absolute Gasteiger partial charge is 0.480 e. The lowest BCUT2D eigenvalue weighted by Gasteiger charge is -2.09. The Hall–Kier alpha value is -1.62. The fraction of sp³-hybridized carbons (Fsp3) is 0.455. The van der Waals surface area contributed by atoms with Crippen LogP contribution in [-0.4, -0.2) is 40.7 Å². The predicted octanol–water partition coefficient (Wildman–Crippen LogP) is 1.11. The first kappa shape index (κ1) is 10.9. The summed E-state index contributed by atoms with van der Waals surface area (Å²) in [7, 11) is 5.67. The highest BCUT2D eigenvalue weighted by molar-refractivity contribution is 5.42. The zero-order chi connectivity index (χ0) is 11.7. The monoisotopic (exact) mass is 220 g/mol. The smallest absolute Gasteiger partial charge is 0.231 e. The highest BCUT2D eigenvalue weighted by atomic mass is 16.5. The van der Waals surface area contributed by atoms with Gasteiger partial charge >= 0.3 is 0 Å². The van der Waals surface area contributed by atoms with Gasteiger partial charge in [-0.1, -0.05) is 0 Å². The Morgan fingerprint density at radius 3 is 2.75 bits per heavy atom. The Bertz CT molecular complexity index is 504. The van der Waals surface area contributed by atoms with Crippen LogP contribution in [0, 0.1) is 6.92 Å². The van der Waals surface area contributed by atoms with E-state index in [0.29, 0.717) is 5.88 Å². The van der Waals surface area contributed by atoms with Crippen LogP contribution in [0.2, 0.25) is 0 Å². The molecule has 0 spiro atoms. The summed E-state index contributed by atoms with van der Waals surface area (Å²) in [5.41, 5.74) is 2.96. The van der Waals surface area contributed by atoms with E-state index in [-0.39, 0.29) is 0 Å². The molecule has 0 unspecified atom stereocenters. The van der Waals surface area contributed by atoms with Crippen LogP contribution in [0.15, 0.2) is 12.1 Å². The second-order valence-corrected chi connectivity index (χ2v) is 4.03. The molecule has 16 heavy (non-hydrogen) atoms. The Morgan fingerprint density at radius 2 is 2.12 bits per heavy atom. The van der Waals surface area contributed by atoms with Crippen LogP contribution in [0.5, 0.6) is 5.88 Å². The molecule has 0 aliphatic carbocycles. The van der Waals surface area contributed by atoms with Gasteiger partial charge in [-0.25, -0.2) is 9.50 Å². The fourth-order valence-electron chi connectivity index (χ4n) is 1.66. The van der Waals surface area contributed by atoms with Gasteiger partial charge in [0.15, 0.2) is 5.65 Å². The Balaban J connectivity index is 2.56. The summed E-state index contributed by atoms with van der Waals surface area (Å²) in [6.07, 6.45) is 0. The van der Waals surface area contributed by atoms with Gasteiger partial charge in [-0.3, -0.25) is 0 Å². The summed E-state index contributed by atoms with van der Waals surface area (Å²) in [4.78, 5) is 6.55. The van der Waals surface area contributed by atoms with E-state index in [1.165, 1.54) is 0 Å². The highest BCUT2D eigenvalue weighted by Gasteiger charge is 2.11. The molecule has 2 aromatic rings. The lowest BCUT2D eigenvalue weighted by atomic mass is 10.3. The first-order chi connectivity index (χ1) is 7.61. The van der Waals surface area contributed by atoms with Gasteiger partial charge in [-0.15, -0.1) is 5.10 Å². The molecule has 2 heterocycles. The quantitative estimate of drug-likeness (QED) is 0.777. The molecule has 0 saturated carbocycles. The molecule has 5 heteroatoms. The van der Waals surface area contributed by atoms with E-state index >= 15 is 0 Å². The summed E-state index contributed by atoms with van der Waals surface area (Å²) in [6.45, 7) is 2.81. The van der Waals surface area contributed by atoms with Crippen LogP contribution in [0.3, 0.4) is 0 Å². The molecule has 0 N–H and O–H groups in total. The molecule has 0 fully saturated rings. The number of nitrogens with zero attached hydrogens (tertiary/aromatic N) is 4. The van der Waals surface area contributed by atoms with Crippen molar-refractivity contribution < 1.29 is 4.74 Å². The number of methoxy groups -OCH3 is 1. The summed E-state index contributed by atoms with van der Waals surface area (Å²) < 4.78 is 6.96. The van der Waals surface area contributed by atoms with Gasteiger partial charge in [0.25, 0.3) is 0 Å². The maximum atomic E-state index is 5.12. The van der Waals surface area contributed by atoms with Crippen molar-refractivity contribution in [1.82, 2.24) is 19.5 Å². The first-order valence-corrected chi connectivity index (χ1v) is 5.16. The van der Waals surface area contributed by atoms with Crippen molar-refractivity contribution in [3.63, 3.8) is 0 Å². The lowest BCUT2D eigenvalue weighted by molar-refractivity contribution is 0.377. The minimum atomic E-state index is 0.602. The number of aryl methyl sites for hydroxylation is 1. The van der Waals surface area contributed by atoms with E-state index in [2.05, 4.69) is 15.0 Å². The second kappa shape index (κ2) is 4.09. The molecule has 0 radical (unpaired) electrons. The third-order valence-corrected chi connectivity index (χ3v) is 2.42. The molecule has 0 atom stereocenters. The molecular formula is C11H16N4O.